The number of carbonyl (C=O) groups is 4. The van der Waals surface area contributed by atoms with E-state index in [4.69, 9.17) is 37.0 Å². The van der Waals surface area contributed by atoms with Crippen LogP contribution in [0, 0.1) is 11.8 Å². The maximum absolute atomic E-state index is 13.0. The lowest BCUT2D eigenvalue weighted by Gasteiger charge is -2.21. The van der Waals surface area contributed by atoms with Gasteiger partial charge in [0.1, 0.15) is 19.3 Å². The second-order valence-corrected chi connectivity index (χ2v) is 28.5. The molecule has 3 unspecified atom stereocenters. The van der Waals surface area contributed by atoms with Gasteiger partial charge in [0.2, 0.25) is 0 Å². The van der Waals surface area contributed by atoms with Gasteiger partial charge in [-0.1, -0.05) is 298 Å². The summed E-state index contributed by atoms with van der Waals surface area (Å²) in [6, 6.07) is 0. The van der Waals surface area contributed by atoms with Gasteiger partial charge in [-0.3, -0.25) is 37.3 Å². The summed E-state index contributed by atoms with van der Waals surface area (Å²) in [5.41, 5.74) is 0. The lowest BCUT2D eigenvalue weighted by molar-refractivity contribution is -0.161. The number of carbonyl (C=O) groups excluding carboxylic acids is 4. The molecule has 88 heavy (non-hydrogen) atoms. The fourth-order valence-electron chi connectivity index (χ4n) is 10.4. The molecule has 19 heteroatoms. The van der Waals surface area contributed by atoms with Crippen LogP contribution in [0.5, 0.6) is 0 Å². The third-order valence-electron chi connectivity index (χ3n) is 16.3. The second-order valence-electron chi connectivity index (χ2n) is 25.6. The van der Waals surface area contributed by atoms with Crippen molar-refractivity contribution in [2.24, 2.45) is 11.8 Å². The molecule has 0 fully saturated rings. The highest BCUT2D eigenvalue weighted by atomic mass is 31.2. The van der Waals surface area contributed by atoms with E-state index in [2.05, 4.69) is 41.5 Å². The van der Waals surface area contributed by atoms with Crippen molar-refractivity contribution < 1.29 is 80.2 Å². The summed E-state index contributed by atoms with van der Waals surface area (Å²) in [5, 5.41) is 10.5. The molecule has 3 N–H and O–H groups in total. The van der Waals surface area contributed by atoms with E-state index in [1.165, 1.54) is 148 Å². The fraction of sp³-hybridized carbons (Fsp3) is 0.942. The highest BCUT2D eigenvalue weighted by molar-refractivity contribution is 7.47. The number of phosphoric ester groups is 2. The molecule has 0 aromatic rings. The van der Waals surface area contributed by atoms with Crippen molar-refractivity contribution in [1.29, 1.82) is 0 Å². The summed E-state index contributed by atoms with van der Waals surface area (Å²) in [5.74, 6) is -0.514. The molecule has 0 aliphatic carbocycles. The third-order valence-corrected chi connectivity index (χ3v) is 18.2. The van der Waals surface area contributed by atoms with Crippen LogP contribution in [0.1, 0.15) is 350 Å². The van der Waals surface area contributed by atoms with E-state index >= 15 is 0 Å². The summed E-state index contributed by atoms with van der Waals surface area (Å²) < 4.78 is 68.0. The zero-order valence-corrected chi connectivity index (χ0v) is 58.8. The number of aliphatic hydroxyl groups is 1. The van der Waals surface area contributed by atoms with Gasteiger partial charge in [0.05, 0.1) is 26.4 Å². The summed E-state index contributed by atoms with van der Waals surface area (Å²) in [4.78, 5) is 72.2. The van der Waals surface area contributed by atoms with Crippen molar-refractivity contribution in [3.05, 3.63) is 0 Å². The number of unbranched alkanes of at least 4 members (excludes halogenated alkanes) is 37. The van der Waals surface area contributed by atoms with Gasteiger partial charge in [-0.25, -0.2) is 9.13 Å². The number of phosphoric acid groups is 2. The molecule has 0 radical (unpaired) electrons. The van der Waals surface area contributed by atoms with Crippen molar-refractivity contribution in [1.82, 2.24) is 0 Å². The first-order valence-corrected chi connectivity index (χ1v) is 39.0. The van der Waals surface area contributed by atoms with E-state index < -0.39 is 97.5 Å². The van der Waals surface area contributed by atoms with Gasteiger partial charge in [-0.05, 0) is 37.5 Å². The molecule has 0 rings (SSSR count). The quantitative estimate of drug-likeness (QED) is 0.0222. The molecule has 522 valence electrons. The fourth-order valence-corrected chi connectivity index (χ4v) is 12.0. The molecule has 17 nitrogen and oxygen atoms in total. The van der Waals surface area contributed by atoms with Crippen LogP contribution in [0.15, 0.2) is 0 Å². The van der Waals surface area contributed by atoms with E-state index in [1.54, 1.807) is 0 Å². The molecule has 6 atom stereocenters. The number of ether oxygens (including phenoxy) is 4. The van der Waals surface area contributed by atoms with Crippen LogP contribution in [0.25, 0.3) is 0 Å². The number of rotatable bonds is 68. The zero-order valence-electron chi connectivity index (χ0n) is 57.0. The van der Waals surface area contributed by atoms with Crippen LogP contribution >= 0.6 is 15.6 Å². The Bertz CT molecular complexity index is 1720. The first-order valence-electron chi connectivity index (χ1n) is 36.0. The minimum Gasteiger partial charge on any atom is -0.462 e. The summed E-state index contributed by atoms with van der Waals surface area (Å²) >= 11 is 0. The van der Waals surface area contributed by atoms with Crippen molar-refractivity contribution in [3.63, 3.8) is 0 Å². The van der Waals surface area contributed by atoms with Crippen LogP contribution in [-0.4, -0.2) is 96.7 Å². The van der Waals surface area contributed by atoms with Crippen LogP contribution in [-0.2, 0) is 65.4 Å². The van der Waals surface area contributed by atoms with Crippen molar-refractivity contribution in [2.45, 2.75) is 368 Å². The second kappa shape index (κ2) is 61.3. The first-order chi connectivity index (χ1) is 42.4. The van der Waals surface area contributed by atoms with E-state index in [0.717, 1.165) is 121 Å². The monoisotopic (exact) mass is 1300 g/mol. The SMILES string of the molecule is CCCCCCCCCCC(=O)O[C@H](COC(=O)CCCCCCCCC)COP(=O)(O)OC[C@H](O)COP(=O)(O)OC[C@@H](COC(=O)CCCCCCCCCCCCC(C)CC)OC(=O)CCCCCCCCCCCCCCCCCCC(C)C. The lowest BCUT2D eigenvalue weighted by atomic mass is 9.99. The van der Waals surface area contributed by atoms with Gasteiger partial charge in [0, 0.05) is 25.7 Å². The predicted molar refractivity (Wildman–Crippen MR) is 354 cm³/mol. The van der Waals surface area contributed by atoms with E-state index in [9.17, 15) is 43.2 Å². The van der Waals surface area contributed by atoms with Gasteiger partial charge in [-0.2, -0.15) is 0 Å². The normalized spacial score (nSPS) is 14.5. The van der Waals surface area contributed by atoms with Crippen LogP contribution in [0.4, 0.5) is 0 Å². The van der Waals surface area contributed by atoms with Crippen molar-refractivity contribution in [2.75, 3.05) is 39.6 Å². The molecule has 0 amide bonds. The Morgan fingerprint density at radius 3 is 0.864 bits per heavy atom. The predicted octanol–water partition coefficient (Wildman–Crippen LogP) is 19.6. The molecule has 0 saturated carbocycles. The van der Waals surface area contributed by atoms with Gasteiger partial charge < -0.3 is 33.8 Å². The van der Waals surface area contributed by atoms with Crippen LogP contribution in [0.2, 0.25) is 0 Å². The van der Waals surface area contributed by atoms with Gasteiger partial charge in [0.15, 0.2) is 12.2 Å². The Labute approximate surface area is 537 Å². The zero-order chi connectivity index (χ0) is 65.0. The average Bonchev–Trinajstić information content (AvgIpc) is 3.64. The number of esters is 4. The molecule has 0 aromatic heterocycles. The average molecular weight is 1300 g/mol. The largest absolute Gasteiger partial charge is 0.472 e. The highest BCUT2D eigenvalue weighted by Gasteiger charge is 2.30. The van der Waals surface area contributed by atoms with E-state index in [0.29, 0.717) is 25.7 Å². The van der Waals surface area contributed by atoms with Crippen LogP contribution < -0.4 is 0 Å². The Balaban J connectivity index is 5.16. The lowest BCUT2D eigenvalue weighted by Crippen LogP contribution is -2.30. The van der Waals surface area contributed by atoms with Gasteiger partial charge in [0.25, 0.3) is 0 Å². The Morgan fingerprint density at radius 1 is 0.330 bits per heavy atom. The Morgan fingerprint density at radius 2 is 0.580 bits per heavy atom. The summed E-state index contributed by atoms with van der Waals surface area (Å²) in [6.07, 6.45) is 46.0. The summed E-state index contributed by atoms with van der Waals surface area (Å²) in [6.45, 7) is 9.53. The van der Waals surface area contributed by atoms with Gasteiger partial charge >= 0.3 is 39.5 Å². The number of hydrogen-bond acceptors (Lipinski definition) is 15. The molecular formula is C69H134O17P2. The maximum atomic E-state index is 13.0. The van der Waals surface area contributed by atoms with E-state index in [1.807, 2.05) is 0 Å². The molecular weight excluding hydrogens is 1160 g/mol. The van der Waals surface area contributed by atoms with E-state index in [-0.39, 0.29) is 25.7 Å². The third kappa shape index (κ3) is 61.6. The first kappa shape index (κ1) is 86.1. The number of aliphatic hydroxyl groups excluding tert-OH is 1. The Hall–Kier alpha value is -1.94. The van der Waals surface area contributed by atoms with Crippen molar-refractivity contribution in [3.8, 4) is 0 Å². The Kier molecular flexibility index (Phi) is 59.9. The summed E-state index contributed by atoms with van der Waals surface area (Å²) in [7, 11) is -9.89. The van der Waals surface area contributed by atoms with Crippen molar-refractivity contribution >= 4 is 39.5 Å². The molecule has 0 saturated heterocycles. The standard InChI is InChI=1S/C69H134O17P2/c1-7-10-12-14-16-34-41-47-53-68(73)85-64(57-79-66(71)51-45-39-31-15-13-11-8-2)59-83-87(75,76)81-55-63(70)56-82-88(77,78)84-60-65(58-80-67(72)52-46-40-35-29-26-25-28-33-38-44-50-62(6)9-3)86-69(74)54-48-42-36-30-24-22-20-18-17-19-21-23-27-32-37-43-49-61(4)5/h61-65,70H,7-60H2,1-6H3,(H,75,76)(H,77,78)/t62?,63-,64+,65+/m0/s1. The molecule has 0 spiro atoms. The molecule has 0 bridgehead atoms. The smallest absolute Gasteiger partial charge is 0.462 e. The topological polar surface area (TPSA) is 237 Å². The molecule has 0 aliphatic heterocycles. The maximum Gasteiger partial charge on any atom is 0.472 e. The number of hydrogen-bond donors (Lipinski definition) is 3. The van der Waals surface area contributed by atoms with Crippen LogP contribution in [0.3, 0.4) is 0 Å². The highest BCUT2D eigenvalue weighted by Crippen LogP contribution is 2.45. The minimum absolute atomic E-state index is 0.104. The molecule has 0 heterocycles. The minimum atomic E-state index is -4.95. The molecule has 0 aliphatic rings. The van der Waals surface area contributed by atoms with Gasteiger partial charge in [-0.15, -0.1) is 0 Å². The molecule has 0 aromatic carbocycles.